The lowest BCUT2D eigenvalue weighted by Crippen LogP contribution is -2.63. The molecule has 2 heterocycles. The molecule has 1 amide bonds. The van der Waals surface area contributed by atoms with Crippen LogP contribution in [0.4, 0.5) is 0 Å². The summed E-state index contributed by atoms with van der Waals surface area (Å²) in [5.41, 5.74) is 6.23. The molecule has 2 aromatic heterocycles. The van der Waals surface area contributed by atoms with Gasteiger partial charge in [0.15, 0.2) is 5.60 Å². The fourth-order valence-electron chi connectivity index (χ4n) is 5.66. The van der Waals surface area contributed by atoms with Crippen molar-refractivity contribution in [2.24, 2.45) is 11.7 Å². The number of quaternary nitrogens is 1. The molecule has 37 heavy (non-hydrogen) atoms. The fraction of sp³-hybridized carbons (Fsp3) is 0.483. The number of hydrogen-bond acceptors (Lipinski definition) is 5. The minimum absolute atomic E-state index is 0.102. The molecule has 0 aliphatic heterocycles. The third-order valence-corrected chi connectivity index (χ3v) is 7.97. The van der Waals surface area contributed by atoms with Gasteiger partial charge >= 0.3 is 0 Å². The highest BCUT2D eigenvalue weighted by Crippen LogP contribution is 2.41. The van der Waals surface area contributed by atoms with Gasteiger partial charge in [0.05, 0.1) is 14.1 Å². The van der Waals surface area contributed by atoms with E-state index < -0.39 is 11.5 Å². The maximum absolute atomic E-state index is 12.5. The van der Waals surface area contributed by atoms with E-state index in [9.17, 15) is 9.90 Å². The molecular weight excluding hydrogens is 488 g/mol. The molecule has 3 aromatic rings. The number of amides is 1. The number of rotatable bonds is 11. The Morgan fingerprint density at radius 3 is 2.76 bits per heavy atom. The number of nitrogens with zero attached hydrogens (tertiary/aromatic N) is 3. The number of aliphatic hydroxyl groups is 1. The molecule has 0 bridgehead atoms. The van der Waals surface area contributed by atoms with Gasteiger partial charge in [-0.2, -0.15) is 0 Å². The number of aryl methyl sites for hydroxylation is 1. The molecule has 3 atom stereocenters. The quantitative estimate of drug-likeness (QED) is 0.287. The molecule has 1 aliphatic carbocycles. The van der Waals surface area contributed by atoms with Crippen molar-refractivity contribution in [3.8, 4) is 5.88 Å². The maximum Gasteiger partial charge on any atom is 0.255 e. The second-order valence-electron chi connectivity index (χ2n) is 10.9. The maximum atomic E-state index is 12.5. The third kappa shape index (κ3) is 6.22. The molecule has 4 rings (SSSR count). The zero-order valence-electron chi connectivity index (χ0n) is 22.0. The summed E-state index contributed by atoms with van der Waals surface area (Å²) < 4.78 is 6.66. The van der Waals surface area contributed by atoms with Crippen LogP contribution in [-0.4, -0.2) is 64.4 Å². The van der Waals surface area contributed by atoms with Gasteiger partial charge in [-0.3, -0.25) is 4.79 Å². The van der Waals surface area contributed by atoms with E-state index in [0.717, 1.165) is 41.3 Å². The van der Waals surface area contributed by atoms with Gasteiger partial charge in [-0.25, -0.2) is 9.97 Å². The zero-order valence-corrected chi connectivity index (χ0v) is 22.7. The summed E-state index contributed by atoms with van der Waals surface area (Å²) in [6, 6.07) is 13.6. The van der Waals surface area contributed by atoms with Crippen LogP contribution in [-0.2, 0) is 17.6 Å². The van der Waals surface area contributed by atoms with Crippen LogP contribution in [0.25, 0.3) is 10.8 Å². The summed E-state index contributed by atoms with van der Waals surface area (Å²) in [5, 5.41) is 14.0. The predicted molar refractivity (Wildman–Crippen MR) is 146 cm³/mol. The van der Waals surface area contributed by atoms with Crippen molar-refractivity contribution in [3.05, 3.63) is 65.1 Å². The number of ether oxygens (including phenoxy) is 1. The van der Waals surface area contributed by atoms with E-state index in [-0.39, 0.29) is 12.0 Å². The first-order valence-corrected chi connectivity index (χ1v) is 13.5. The lowest BCUT2D eigenvalue weighted by Gasteiger charge is -2.41. The Hall–Kier alpha value is -2.74. The SMILES string of the molecule is CCCCc1cc2ccccc2c(OCC[N+](C)(C)[C@H]2CC(Cc3ccc(Cl)nc3)C[C@@]2(O)C(N)=O)n1. The monoisotopic (exact) mass is 525 g/mol. The lowest BCUT2D eigenvalue weighted by molar-refractivity contribution is -0.919. The number of pyridine rings is 2. The molecule has 1 fully saturated rings. The van der Waals surface area contributed by atoms with Crippen LogP contribution in [0.15, 0.2) is 48.7 Å². The molecule has 0 saturated heterocycles. The summed E-state index contributed by atoms with van der Waals surface area (Å²) >= 11 is 5.92. The van der Waals surface area contributed by atoms with E-state index in [1.165, 1.54) is 0 Å². The van der Waals surface area contributed by atoms with Crippen molar-refractivity contribution in [2.45, 2.75) is 57.1 Å². The summed E-state index contributed by atoms with van der Waals surface area (Å²) in [4.78, 5) is 21.4. The molecule has 1 aromatic carbocycles. The van der Waals surface area contributed by atoms with E-state index in [2.05, 4.69) is 24.0 Å². The van der Waals surface area contributed by atoms with Gasteiger partial charge in [0.2, 0.25) is 5.88 Å². The number of nitrogens with two attached hydrogens (primary N) is 1. The average molecular weight is 526 g/mol. The Morgan fingerprint density at radius 2 is 2.05 bits per heavy atom. The number of benzene rings is 1. The summed E-state index contributed by atoms with van der Waals surface area (Å²) in [5.74, 6) is 0.0659. The highest BCUT2D eigenvalue weighted by atomic mass is 35.5. The van der Waals surface area contributed by atoms with Gasteiger partial charge in [-0.1, -0.05) is 49.2 Å². The Morgan fingerprint density at radius 1 is 1.27 bits per heavy atom. The molecule has 0 spiro atoms. The Labute approximate surface area is 224 Å². The molecule has 3 N–H and O–H groups in total. The van der Waals surface area contributed by atoms with Gasteiger partial charge in [0, 0.05) is 23.7 Å². The van der Waals surface area contributed by atoms with E-state index in [0.29, 0.717) is 47.9 Å². The van der Waals surface area contributed by atoms with Crippen molar-refractivity contribution in [2.75, 3.05) is 27.2 Å². The number of carbonyl (C=O) groups is 1. The van der Waals surface area contributed by atoms with Crippen LogP contribution in [0.2, 0.25) is 5.15 Å². The van der Waals surface area contributed by atoms with E-state index in [1.54, 1.807) is 12.3 Å². The van der Waals surface area contributed by atoms with Crippen LogP contribution in [0.1, 0.15) is 43.9 Å². The van der Waals surface area contributed by atoms with Gasteiger partial charge in [0.25, 0.3) is 5.91 Å². The van der Waals surface area contributed by atoms with Crippen molar-refractivity contribution >= 4 is 28.3 Å². The lowest BCUT2D eigenvalue weighted by atomic mass is 9.93. The Bertz CT molecular complexity index is 1230. The standard InChI is InChI=1S/C29H37ClN4O3/c1-4-5-9-23-17-22-8-6-7-10-24(22)27(33-23)37-14-13-34(2,3)25-16-21(18-29(25,36)28(31)35)15-20-11-12-26(30)32-19-20/h6-8,10-12,17,19,21,25,36H,4-5,9,13-16,18H2,1-3H3,(H-,31,35)/p+1/t21?,25-,29-/m0/s1. The van der Waals surface area contributed by atoms with Gasteiger partial charge in [-0.15, -0.1) is 0 Å². The van der Waals surface area contributed by atoms with Crippen LogP contribution >= 0.6 is 11.6 Å². The summed E-state index contributed by atoms with van der Waals surface area (Å²) in [6.45, 7) is 3.16. The molecule has 1 unspecified atom stereocenters. The Balaban J connectivity index is 1.47. The fourth-order valence-corrected chi connectivity index (χ4v) is 5.78. The summed E-state index contributed by atoms with van der Waals surface area (Å²) in [6.07, 6.45) is 6.54. The topological polar surface area (TPSA) is 98.3 Å². The molecule has 1 aliphatic rings. The summed E-state index contributed by atoms with van der Waals surface area (Å²) in [7, 11) is 4.05. The predicted octanol–water partition coefficient (Wildman–Crippen LogP) is 4.32. The number of hydrogen-bond donors (Lipinski definition) is 2. The minimum Gasteiger partial charge on any atom is -0.471 e. The van der Waals surface area contributed by atoms with E-state index in [4.69, 9.17) is 27.1 Å². The Kier molecular flexibility index (Phi) is 8.36. The molecule has 0 radical (unpaired) electrons. The smallest absolute Gasteiger partial charge is 0.255 e. The largest absolute Gasteiger partial charge is 0.471 e. The molecule has 198 valence electrons. The number of primary amides is 1. The van der Waals surface area contributed by atoms with Crippen molar-refractivity contribution in [1.82, 2.24) is 9.97 Å². The average Bonchev–Trinajstić information content (AvgIpc) is 3.22. The minimum atomic E-state index is -1.58. The number of fused-ring (bicyclic) bond motifs is 1. The van der Waals surface area contributed by atoms with Crippen molar-refractivity contribution in [1.29, 1.82) is 0 Å². The van der Waals surface area contributed by atoms with Crippen LogP contribution in [0, 0.1) is 5.92 Å². The van der Waals surface area contributed by atoms with Gasteiger partial charge in [0.1, 0.15) is 24.3 Å². The van der Waals surface area contributed by atoms with E-state index in [1.807, 2.05) is 38.4 Å². The zero-order chi connectivity index (χ0) is 26.6. The normalized spacial score (nSPS) is 21.9. The van der Waals surface area contributed by atoms with Crippen LogP contribution in [0.5, 0.6) is 5.88 Å². The third-order valence-electron chi connectivity index (χ3n) is 7.74. The number of halogens is 1. The second-order valence-corrected chi connectivity index (χ2v) is 11.3. The van der Waals surface area contributed by atoms with Crippen molar-refractivity contribution < 1.29 is 19.1 Å². The van der Waals surface area contributed by atoms with E-state index >= 15 is 0 Å². The first-order chi connectivity index (χ1) is 17.6. The second kappa shape index (κ2) is 11.3. The first-order valence-electron chi connectivity index (χ1n) is 13.1. The highest BCUT2D eigenvalue weighted by Gasteiger charge is 2.57. The number of unbranched alkanes of at least 4 members (excludes halogenated alkanes) is 1. The van der Waals surface area contributed by atoms with Crippen LogP contribution < -0.4 is 10.5 Å². The molecule has 7 nitrogen and oxygen atoms in total. The molecule has 8 heteroatoms. The highest BCUT2D eigenvalue weighted by molar-refractivity contribution is 6.29. The first kappa shape index (κ1) is 27.3. The van der Waals surface area contributed by atoms with Crippen LogP contribution in [0.3, 0.4) is 0 Å². The van der Waals surface area contributed by atoms with Gasteiger partial charge < -0.3 is 20.1 Å². The number of aromatic nitrogens is 2. The molecule has 1 saturated carbocycles. The molecular formula is C29H38ClN4O3+. The van der Waals surface area contributed by atoms with Crippen molar-refractivity contribution in [3.63, 3.8) is 0 Å². The van der Waals surface area contributed by atoms with Gasteiger partial charge in [-0.05, 0) is 60.7 Å². The number of carbonyl (C=O) groups excluding carboxylic acids is 1. The number of likely N-dealkylation sites (N-methyl/N-ethyl adjacent to an activating group) is 1.